The van der Waals surface area contributed by atoms with Crippen molar-refractivity contribution in [2.75, 3.05) is 6.61 Å². The zero-order valence-corrected chi connectivity index (χ0v) is 9.87. The first-order valence-electron chi connectivity index (χ1n) is 5.70. The number of hydrogen-bond donors (Lipinski definition) is 1. The second kappa shape index (κ2) is 4.49. The van der Waals surface area contributed by atoms with Gasteiger partial charge in [0.25, 0.3) is 5.71 Å². The normalized spacial score (nSPS) is 24.1. The van der Waals surface area contributed by atoms with Crippen molar-refractivity contribution in [2.24, 2.45) is 4.99 Å². The highest BCUT2D eigenvalue weighted by atomic mass is 16.8. The lowest BCUT2D eigenvalue weighted by Gasteiger charge is -2.22. The summed E-state index contributed by atoms with van der Waals surface area (Å²) in [7, 11) is 0. The van der Waals surface area contributed by atoms with Gasteiger partial charge in [0.2, 0.25) is 0 Å². The minimum absolute atomic E-state index is 0.0503. The summed E-state index contributed by atoms with van der Waals surface area (Å²) in [4.78, 5) is 3.90. The molecule has 0 fully saturated rings. The topological polar surface area (TPSA) is 82.8 Å². The summed E-state index contributed by atoms with van der Waals surface area (Å²) < 4.78 is 5.53. The first-order valence-corrected chi connectivity index (χ1v) is 5.70. The zero-order valence-electron chi connectivity index (χ0n) is 9.87. The van der Waals surface area contributed by atoms with Crippen molar-refractivity contribution in [1.82, 2.24) is 5.32 Å². The molecule has 0 bridgehead atoms. The van der Waals surface area contributed by atoms with Gasteiger partial charge in [-0.05, 0) is 18.2 Å². The zero-order chi connectivity index (χ0) is 13.2. The van der Waals surface area contributed by atoms with Crippen LogP contribution in [0.5, 0.6) is 0 Å². The van der Waals surface area contributed by atoms with Crippen molar-refractivity contribution in [3.63, 3.8) is 0 Å². The third kappa shape index (κ3) is 2.03. The number of ether oxygens (including phenoxy) is 1. The SMILES string of the molecule is [O-][N+]([O-])=C1C=CC=C2OCC(=C3C=CC=CN3)N=C21. The summed E-state index contributed by atoms with van der Waals surface area (Å²) in [6.07, 6.45) is 12.0. The Morgan fingerprint density at radius 1 is 1.21 bits per heavy atom. The van der Waals surface area contributed by atoms with Crippen LogP contribution in [-0.4, -0.2) is 22.9 Å². The van der Waals surface area contributed by atoms with Crippen LogP contribution in [0.15, 0.2) is 64.8 Å². The van der Waals surface area contributed by atoms with Crippen LogP contribution in [-0.2, 0) is 4.74 Å². The number of dihydropyridines is 1. The molecule has 19 heavy (non-hydrogen) atoms. The van der Waals surface area contributed by atoms with Crippen molar-refractivity contribution in [3.8, 4) is 0 Å². The molecule has 1 N–H and O–H groups in total. The van der Waals surface area contributed by atoms with Gasteiger partial charge in [-0.2, -0.15) is 4.90 Å². The molecule has 0 saturated heterocycles. The molecule has 0 saturated carbocycles. The lowest BCUT2D eigenvalue weighted by atomic mass is 10.1. The molecule has 0 unspecified atom stereocenters. The maximum Gasteiger partial charge on any atom is 0.252 e. The molecule has 3 rings (SSSR count). The third-order valence-electron chi connectivity index (χ3n) is 2.81. The molecule has 0 spiro atoms. The monoisotopic (exact) mass is 256 g/mol. The molecule has 96 valence electrons. The Morgan fingerprint density at radius 2 is 2.11 bits per heavy atom. The number of hydrogen-bond acceptors (Lipinski definition) is 5. The van der Waals surface area contributed by atoms with E-state index in [1.807, 2.05) is 18.2 Å². The maximum atomic E-state index is 11.0. The van der Waals surface area contributed by atoms with Crippen LogP contribution in [0, 0.1) is 10.4 Å². The van der Waals surface area contributed by atoms with E-state index >= 15 is 0 Å². The minimum atomic E-state index is -0.455. The van der Waals surface area contributed by atoms with Gasteiger partial charge in [0.1, 0.15) is 12.3 Å². The van der Waals surface area contributed by atoms with Gasteiger partial charge in [0.15, 0.2) is 11.5 Å². The lowest BCUT2D eigenvalue weighted by Crippen LogP contribution is -2.29. The van der Waals surface area contributed by atoms with Crippen molar-refractivity contribution < 1.29 is 9.64 Å². The molecule has 0 amide bonds. The Kier molecular flexibility index (Phi) is 2.68. The number of aliphatic imine (C=N–C) groups is 1. The molecule has 0 atom stereocenters. The number of allylic oxidation sites excluding steroid dienone is 7. The fraction of sp³-hybridized carbons (Fsp3) is 0.0769. The molecular formula is C13H10N3O3-. The summed E-state index contributed by atoms with van der Waals surface area (Å²) in [6.45, 7) is 0.286. The summed E-state index contributed by atoms with van der Waals surface area (Å²) >= 11 is 0. The van der Waals surface area contributed by atoms with Crippen LogP contribution in [0.2, 0.25) is 0 Å². The predicted octanol–water partition coefficient (Wildman–Crippen LogP) is 1.25. The summed E-state index contributed by atoms with van der Waals surface area (Å²) in [6, 6.07) is 0. The van der Waals surface area contributed by atoms with Gasteiger partial charge >= 0.3 is 0 Å². The highest BCUT2D eigenvalue weighted by Crippen LogP contribution is 2.21. The summed E-state index contributed by atoms with van der Waals surface area (Å²) in [5.74, 6) is 0.439. The van der Waals surface area contributed by atoms with Crippen molar-refractivity contribution in [2.45, 2.75) is 0 Å². The Hall–Kier alpha value is -2.76. The lowest BCUT2D eigenvalue weighted by molar-refractivity contribution is -0.376. The molecule has 0 radical (unpaired) electrons. The molecule has 6 nitrogen and oxygen atoms in total. The second-order valence-corrected chi connectivity index (χ2v) is 4.00. The van der Waals surface area contributed by atoms with E-state index < -0.39 is 4.90 Å². The molecule has 0 aromatic carbocycles. The molecule has 1 aliphatic carbocycles. The van der Waals surface area contributed by atoms with Crippen LogP contribution < -0.4 is 5.32 Å². The second-order valence-electron chi connectivity index (χ2n) is 4.00. The number of nitrogens with one attached hydrogen (secondary N) is 1. The van der Waals surface area contributed by atoms with E-state index in [-0.39, 0.29) is 18.0 Å². The molecule has 2 aliphatic heterocycles. The van der Waals surface area contributed by atoms with E-state index in [0.29, 0.717) is 11.5 Å². The van der Waals surface area contributed by atoms with E-state index in [2.05, 4.69) is 10.3 Å². The molecule has 6 heteroatoms. The van der Waals surface area contributed by atoms with E-state index in [1.165, 1.54) is 6.08 Å². The van der Waals surface area contributed by atoms with Gasteiger partial charge in [-0.3, -0.25) is 0 Å². The molecule has 0 aromatic heterocycles. The Bertz CT molecular complexity index is 630. The Morgan fingerprint density at radius 3 is 2.84 bits per heavy atom. The fourth-order valence-electron chi connectivity index (χ4n) is 1.91. The average Bonchev–Trinajstić information content (AvgIpc) is 2.47. The number of nitrogens with zero attached hydrogens (tertiary/aromatic N) is 2. The van der Waals surface area contributed by atoms with Crippen LogP contribution in [0.25, 0.3) is 0 Å². The van der Waals surface area contributed by atoms with Crippen LogP contribution in [0.4, 0.5) is 0 Å². The Balaban J connectivity index is 2.07. The number of rotatable bonds is 0. The van der Waals surface area contributed by atoms with Crippen molar-refractivity contribution in [3.05, 3.63) is 70.2 Å². The van der Waals surface area contributed by atoms with Crippen molar-refractivity contribution in [1.29, 1.82) is 0 Å². The first kappa shape index (κ1) is 11.3. The molecular weight excluding hydrogens is 246 g/mol. The van der Waals surface area contributed by atoms with E-state index in [4.69, 9.17) is 4.74 Å². The number of fused-ring (bicyclic) bond motifs is 1. The molecule has 3 aliphatic rings. The minimum Gasteiger partial charge on any atom is -0.612 e. The van der Waals surface area contributed by atoms with Gasteiger partial charge in [0.05, 0.1) is 5.70 Å². The fourth-order valence-corrected chi connectivity index (χ4v) is 1.91. The van der Waals surface area contributed by atoms with E-state index in [1.54, 1.807) is 18.4 Å². The standard InChI is InChI=1S/C13H10N3O3/c17-16(18)11-5-3-6-12-13(11)15-10(8-19-12)9-4-1-2-7-14-9/h1-7,14H,8H2/q-1. The van der Waals surface area contributed by atoms with Crippen LogP contribution in [0.1, 0.15) is 0 Å². The molecule has 2 heterocycles. The summed E-state index contributed by atoms with van der Waals surface area (Å²) in [5, 5.41) is 25.0. The molecule has 0 aromatic rings. The summed E-state index contributed by atoms with van der Waals surface area (Å²) in [5.41, 5.74) is 1.64. The van der Waals surface area contributed by atoms with E-state index in [9.17, 15) is 10.4 Å². The quantitative estimate of drug-likeness (QED) is 0.401. The van der Waals surface area contributed by atoms with Gasteiger partial charge in [-0.1, -0.05) is 12.2 Å². The van der Waals surface area contributed by atoms with Crippen LogP contribution >= 0.6 is 0 Å². The largest absolute Gasteiger partial charge is 0.612 e. The van der Waals surface area contributed by atoms with Gasteiger partial charge in [-0.15, -0.1) is 0 Å². The predicted molar refractivity (Wildman–Crippen MR) is 71.1 cm³/mol. The smallest absolute Gasteiger partial charge is 0.252 e. The highest BCUT2D eigenvalue weighted by molar-refractivity contribution is 6.50. The van der Waals surface area contributed by atoms with Gasteiger partial charge in [-0.25, -0.2) is 4.99 Å². The van der Waals surface area contributed by atoms with Gasteiger partial charge in [0, 0.05) is 12.3 Å². The highest BCUT2D eigenvalue weighted by Gasteiger charge is 2.27. The first-order chi connectivity index (χ1) is 9.25. The Labute approximate surface area is 109 Å². The van der Waals surface area contributed by atoms with Crippen molar-refractivity contribution >= 4 is 11.4 Å². The van der Waals surface area contributed by atoms with E-state index in [0.717, 1.165) is 5.70 Å². The average molecular weight is 256 g/mol. The van der Waals surface area contributed by atoms with Crippen LogP contribution in [0.3, 0.4) is 0 Å². The third-order valence-corrected chi connectivity index (χ3v) is 2.81. The van der Waals surface area contributed by atoms with Gasteiger partial charge < -0.3 is 20.5 Å². The maximum absolute atomic E-state index is 11.0.